The van der Waals surface area contributed by atoms with Gasteiger partial charge in [0.1, 0.15) is 5.82 Å². The first-order valence-electron chi connectivity index (χ1n) is 8.63. The third-order valence-electron chi connectivity index (χ3n) is 4.45. The Bertz CT molecular complexity index is 899. The monoisotopic (exact) mass is 385 g/mol. The molecule has 28 heavy (non-hydrogen) atoms. The van der Waals surface area contributed by atoms with Gasteiger partial charge in [-0.1, -0.05) is 6.07 Å². The summed E-state index contributed by atoms with van der Waals surface area (Å²) in [7, 11) is 3.05. The quantitative estimate of drug-likeness (QED) is 0.611. The van der Waals surface area contributed by atoms with Gasteiger partial charge in [-0.15, -0.1) is 0 Å². The molecule has 1 aliphatic rings. The van der Waals surface area contributed by atoms with E-state index >= 15 is 0 Å². The lowest BCUT2D eigenvalue weighted by Crippen LogP contribution is -2.30. The number of carbonyl (C=O) groups is 2. The zero-order valence-electron chi connectivity index (χ0n) is 15.5. The maximum Gasteiger partial charge on any atom is 0.245 e. The number of hydrazone groups is 1. The molecule has 1 fully saturated rings. The Kier molecular flexibility index (Phi) is 5.88. The number of nitrogens with one attached hydrogen (secondary N) is 1. The standard InChI is InChI=1S/C20H20FN3O4/c1-27-17-5-3-4-13(19(17)28-2)11-22-23-20(26)14-10-18(25)24(12-14)16-8-6-15(21)7-9-16/h3-9,11,14H,10,12H2,1-2H3,(H,23,26)/b22-11-/t14-/m0/s1. The lowest BCUT2D eigenvalue weighted by Gasteiger charge is -2.16. The Morgan fingerprint density at radius 1 is 1.21 bits per heavy atom. The Labute approximate surface area is 161 Å². The minimum Gasteiger partial charge on any atom is -0.493 e. The average Bonchev–Trinajstić information content (AvgIpc) is 3.10. The fourth-order valence-corrected chi connectivity index (χ4v) is 3.02. The summed E-state index contributed by atoms with van der Waals surface area (Å²) in [6, 6.07) is 10.9. The molecule has 7 nitrogen and oxygen atoms in total. The van der Waals surface area contributed by atoms with Gasteiger partial charge in [0.25, 0.3) is 0 Å². The van der Waals surface area contributed by atoms with E-state index in [-0.39, 0.29) is 30.6 Å². The van der Waals surface area contributed by atoms with Gasteiger partial charge in [0.15, 0.2) is 11.5 Å². The van der Waals surface area contributed by atoms with Crippen LogP contribution in [0.3, 0.4) is 0 Å². The second kappa shape index (κ2) is 8.51. The van der Waals surface area contributed by atoms with Crippen LogP contribution in [0.2, 0.25) is 0 Å². The molecule has 2 amide bonds. The van der Waals surface area contributed by atoms with Crippen molar-refractivity contribution in [1.29, 1.82) is 0 Å². The van der Waals surface area contributed by atoms with E-state index in [2.05, 4.69) is 10.5 Å². The molecule has 1 N–H and O–H groups in total. The molecule has 0 unspecified atom stereocenters. The van der Waals surface area contributed by atoms with Crippen molar-refractivity contribution in [3.63, 3.8) is 0 Å². The third kappa shape index (κ3) is 4.11. The molecule has 1 saturated heterocycles. The molecule has 0 saturated carbocycles. The highest BCUT2D eigenvalue weighted by Crippen LogP contribution is 2.29. The molecule has 146 valence electrons. The molecule has 3 rings (SSSR count). The molecule has 2 aromatic rings. The summed E-state index contributed by atoms with van der Waals surface area (Å²) in [4.78, 5) is 26.0. The minimum atomic E-state index is -0.540. The number of anilines is 1. The first-order valence-corrected chi connectivity index (χ1v) is 8.63. The largest absolute Gasteiger partial charge is 0.493 e. The Morgan fingerprint density at radius 2 is 1.96 bits per heavy atom. The number of methoxy groups -OCH3 is 2. The molecule has 8 heteroatoms. The molecular formula is C20H20FN3O4. The Hall–Kier alpha value is -3.42. The molecule has 0 aliphatic carbocycles. The van der Waals surface area contributed by atoms with Crippen molar-refractivity contribution in [1.82, 2.24) is 5.43 Å². The Morgan fingerprint density at radius 3 is 2.64 bits per heavy atom. The van der Waals surface area contributed by atoms with E-state index in [4.69, 9.17) is 9.47 Å². The van der Waals surface area contributed by atoms with Gasteiger partial charge < -0.3 is 14.4 Å². The molecule has 1 atom stereocenters. The summed E-state index contributed by atoms with van der Waals surface area (Å²) >= 11 is 0. The van der Waals surface area contributed by atoms with Gasteiger partial charge in [-0.05, 0) is 36.4 Å². The number of benzene rings is 2. The number of halogens is 1. The molecule has 2 aromatic carbocycles. The summed E-state index contributed by atoms with van der Waals surface area (Å²) in [5, 5.41) is 3.97. The molecule has 1 heterocycles. The topological polar surface area (TPSA) is 80.2 Å². The van der Waals surface area contributed by atoms with E-state index in [1.807, 2.05) is 0 Å². The molecule has 0 bridgehead atoms. The highest BCUT2D eigenvalue weighted by atomic mass is 19.1. The molecule has 0 aromatic heterocycles. The number of carbonyl (C=O) groups excluding carboxylic acids is 2. The predicted molar refractivity (Wildman–Crippen MR) is 102 cm³/mol. The van der Waals surface area contributed by atoms with Crippen LogP contribution in [0.25, 0.3) is 0 Å². The van der Waals surface area contributed by atoms with Gasteiger partial charge in [-0.3, -0.25) is 9.59 Å². The fraction of sp³-hybridized carbons (Fsp3) is 0.250. The van der Waals surface area contributed by atoms with Crippen LogP contribution in [-0.4, -0.2) is 38.8 Å². The number of nitrogens with zero attached hydrogens (tertiary/aromatic N) is 2. The van der Waals surface area contributed by atoms with E-state index in [0.29, 0.717) is 22.7 Å². The molecular weight excluding hydrogens is 365 g/mol. The van der Waals surface area contributed by atoms with Gasteiger partial charge in [0, 0.05) is 24.2 Å². The lowest BCUT2D eigenvalue weighted by atomic mass is 10.1. The van der Waals surface area contributed by atoms with Crippen molar-refractivity contribution in [2.45, 2.75) is 6.42 Å². The molecule has 0 radical (unpaired) electrons. The maximum atomic E-state index is 13.1. The van der Waals surface area contributed by atoms with Gasteiger partial charge in [-0.25, -0.2) is 9.82 Å². The third-order valence-corrected chi connectivity index (χ3v) is 4.45. The highest BCUT2D eigenvalue weighted by molar-refractivity contribution is 6.00. The van der Waals surface area contributed by atoms with Crippen molar-refractivity contribution in [3.8, 4) is 11.5 Å². The van der Waals surface area contributed by atoms with Crippen molar-refractivity contribution in [2.75, 3.05) is 25.7 Å². The number of para-hydroxylation sites is 1. The van der Waals surface area contributed by atoms with Crippen LogP contribution in [0.4, 0.5) is 10.1 Å². The zero-order valence-corrected chi connectivity index (χ0v) is 15.5. The number of hydrogen-bond acceptors (Lipinski definition) is 5. The SMILES string of the molecule is COc1cccc(/C=N\NC(=O)[C@H]2CC(=O)N(c3ccc(F)cc3)C2)c1OC. The highest BCUT2D eigenvalue weighted by Gasteiger charge is 2.35. The maximum absolute atomic E-state index is 13.1. The number of amides is 2. The molecule has 0 spiro atoms. The van der Waals surface area contributed by atoms with Gasteiger partial charge in [0.05, 0.1) is 26.4 Å². The van der Waals surface area contributed by atoms with Crippen LogP contribution in [0, 0.1) is 11.7 Å². The van der Waals surface area contributed by atoms with E-state index in [1.165, 1.54) is 49.6 Å². The van der Waals surface area contributed by atoms with E-state index in [1.54, 1.807) is 18.2 Å². The van der Waals surface area contributed by atoms with Crippen molar-refractivity contribution >= 4 is 23.7 Å². The van der Waals surface area contributed by atoms with Gasteiger partial charge in [0.2, 0.25) is 11.8 Å². The number of rotatable bonds is 6. The summed E-state index contributed by atoms with van der Waals surface area (Å²) in [5.41, 5.74) is 3.66. The van der Waals surface area contributed by atoms with E-state index in [9.17, 15) is 14.0 Å². The van der Waals surface area contributed by atoms with Crippen molar-refractivity contribution < 1.29 is 23.5 Å². The first-order chi connectivity index (χ1) is 13.5. The zero-order chi connectivity index (χ0) is 20.1. The van der Waals surface area contributed by atoms with Crippen LogP contribution < -0.4 is 19.8 Å². The number of ether oxygens (including phenoxy) is 2. The summed E-state index contributed by atoms with van der Waals surface area (Å²) in [6.45, 7) is 0.217. The summed E-state index contributed by atoms with van der Waals surface area (Å²) in [5.74, 6) is -0.425. The Balaban J connectivity index is 1.64. The van der Waals surface area contributed by atoms with Gasteiger partial charge in [-0.2, -0.15) is 5.10 Å². The molecule has 1 aliphatic heterocycles. The smallest absolute Gasteiger partial charge is 0.245 e. The minimum absolute atomic E-state index is 0.0706. The van der Waals surface area contributed by atoms with Crippen LogP contribution in [0.1, 0.15) is 12.0 Å². The second-order valence-electron chi connectivity index (χ2n) is 6.20. The predicted octanol–water partition coefficient (Wildman–Crippen LogP) is 2.35. The average molecular weight is 385 g/mol. The summed E-state index contributed by atoms with van der Waals surface area (Å²) < 4.78 is 23.6. The van der Waals surface area contributed by atoms with E-state index in [0.717, 1.165) is 0 Å². The van der Waals surface area contributed by atoms with Crippen LogP contribution in [0.15, 0.2) is 47.6 Å². The normalized spacial score (nSPS) is 16.5. The van der Waals surface area contributed by atoms with Gasteiger partial charge >= 0.3 is 0 Å². The van der Waals surface area contributed by atoms with E-state index < -0.39 is 5.92 Å². The fourth-order valence-electron chi connectivity index (χ4n) is 3.02. The van der Waals surface area contributed by atoms with Crippen LogP contribution >= 0.6 is 0 Å². The lowest BCUT2D eigenvalue weighted by molar-refractivity contribution is -0.126. The summed E-state index contributed by atoms with van der Waals surface area (Å²) in [6.07, 6.45) is 1.52. The first kappa shape index (κ1) is 19.3. The van der Waals surface area contributed by atoms with Crippen LogP contribution in [-0.2, 0) is 9.59 Å². The second-order valence-corrected chi connectivity index (χ2v) is 6.20. The van der Waals surface area contributed by atoms with Crippen molar-refractivity contribution in [3.05, 3.63) is 53.8 Å². The van der Waals surface area contributed by atoms with Crippen molar-refractivity contribution in [2.24, 2.45) is 11.0 Å². The number of hydrogen-bond donors (Lipinski definition) is 1. The van der Waals surface area contributed by atoms with Crippen LogP contribution in [0.5, 0.6) is 11.5 Å².